The number of allylic oxidation sites excluding steroid dienone is 1. The number of carbonyl (C=O) groups is 2. The van der Waals surface area contributed by atoms with Crippen LogP contribution in [-0.4, -0.2) is 44.4 Å². The summed E-state index contributed by atoms with van der Waals surface area (Å²) >= 11 is 1.20. The smallest absolute Gasteiger partial charge is 0.338 e. The first kappa shape index (κ1) is 26.6. The van der Waals surface area contributed by atoms with Crippen molar-refractivity contribution in [3.63, 3.8) is 0 Å². The topological polar surface area (TPSA) is 105 Å². The second kappa shape index (κ2) is 11.3. The first-order valence-corrected chi connectivity index (χ1v) is 12.4. The fraction of sp³-hybridized carbons (Fsp3) is 0.214. The van der Waals surface area contributed by atoms with E-state index < -0.39 is 18.0 Å². The van der Waals surface area contributed by atoms with E-state index in [0.29, 0.717) is 43.2 Å². The van der Waals surface area contributed by atoms with E-state index in [1.54, 1.807) is 62.6 Å². The van der Waals surface area contributed by atoms with Crippen LogP contribution in [0.3, 0.4) is 0 Å². The van der Waals surface area contributed by atoms with Crippen LogP contribution in [0.5, 0.6) is 11.5 Å². The van der Waals surface area contributed by atoms with Crippen molar-refractivity contribution in [2.75, 3.05) is 27.9 Å². The lowest BCUT2D eigenvalue weighted by atomic mass is 9.95. The number of carbonyl (C=O) groups excluding carboxylic acids is 2. The highest BCUT2D eigenvalue weighted by atomic mass is 32.1. The number of methoxy groups -OCH3 is 3. The lowest BCUT2D eigenvalue weighted by Crippen LogP contribution is -2.40. The Morgan fingerprint density at radius 1 is 1.08 bits per heavy atom. The summed E-state index contributed by atoms with van der Waals surface area (Å²) in [5.41, 5.74) is 1.93. The van der Waals surface area contributed by atoms with Gasteiger partial charge in [0.25, 0.3) is 5.56 Å². The molecular formula is C28H26N2O7S. The van der Waals surface area contributed by atoms with E-state index >= 15 is 0 Å². The van der Waals surface area contributed by atoms with Gasteiger partial charge in [-0.3, -0.25) is 9.36 Å². The van der Waals surface area contributed by atoms with Gasteiger partial charge in [-0.1, -0.05) is 36.1 Å². The molecule has 38 heavy (non-hydrogen) atoms. The molecule has 4 rings (SSSR count). The molecule has 196 valence electrons. The average Bonchev–Trinajstić information content (AvgIpc) is 3.24. The lowest BCUT2D eigenvalue weighted by molar-refractivity contribution is -0.138. The van der Waals surface area contributed by atoms with Crippen molar-refractivity contribution in [2.24, 2.45) is 4.99 Å². The molecule has 0 bridgehead atoms. The van der Waals surface area contributed by atoms with Crippen molar-refractivity contribution < 1.29 is 28.5 Å². The molecule has 1 atom stereocenters. The van der Waals surface area contributed by atoms with Crippen molar-refractivity contribution in [1.82, 2.24) is 4.57 Å². The summed E-state index contributed by atoms with van der Waals surface area (Å²) in [4.78, 5) is 43.9. The number of fused-ring (bicyclic) bond motifs is 1. The molecule has 0 spiro atoms. The summed E-state index contributed by atoms with van der Waals surface area (Å²) in [6, 6.07) is 11.0. The summed E-state index contributed by atoms with van der Waals surface area (Å²) < 4.78 is 22.7. The van der Waals surface area contributed by atoms with Crippen molar-refractivity contribution >= 4 is 29.4 Å². The first-order valence-electron chi connectivity index (χ1n) is 11.5. The third-order valence-corrected chi connectivity index (χ3v) is 6.93. The van der Waals surface area contributed by atoms with Crippen LogP contribution in [0.15, 0.2) is 76.2 Å². The Labute approximate surface area is 222 Å². The Morgan fingerprint density at radius 3 is 2.45 bits per heavy atom. The van der Waals surface area contributed by atoms with Gasteiger partial charge in [-0.25, -0.2) is 14.6 Å². The Balaban J connectivity index is 1.91. The molecule has 0 aliphatic carbocycles. The van der Waals surface area contributed by atoms with E-state index in [9.17, 15) is 14.4 Å². The largest absolute Gasteiger partial charge is 0.497 e. The normalized spacial score (nSPS) is 14.8. The molecule has 0 radical (unpaired) electrons. The molecular weight excluding hydrogens is 508 g/mol. The number of rotatable bonds is 8. The molecule has 0 N–H and O–H groups in total. The average molecular weight is 535 g/mol. The predicted molar refractivity (Wildman–Crippen MR) is 142 cm³/mol. The van der Waals surface area contributed by atoms with E-state index in [2.05, 4.69) is 11.6 Å². The van der Waals surface area contributed by atoms with Gasteiger partial charge in [0.1, 0.15) is 18.1 Å². The maximum absolute atomic E-state index is 13.8. The molecule has 1 aliphatic rings. The second-order valence-electron chi connectivity index (χ2n) is 8.19. The van der Waals surface area contributed by atoms with Crippen molar-refractivity contribution in [1.29, 1.82) is 0 Å². The summed E-state index contributed by atoms with van der Waals surface area (Å²) in [6.45, 7) is 5.29. The van der Waals surface area contributed by atoms with E-state index in [1.165, 1.54) is 36.2 Å². The summed E-state index contributed by atoms with van der Waals surface area (Å²) in [5, 5.41) is 0. The number of esters is 2. The standard InChI is InChI=1S/C28H26N2O7S/c1-6-13-37-27(33)23-16(2)29-28-30(24(23)17-7-9-18(10-8-17)26(32)36-5)25(31)22(38-28)14-19-11-12-20(34-3)15-21(19)35-4/h6-12,14-15,24H,1,13H2,2-5H3. The third-order valence-electron chi connectivity index (χ3n) is 5.95. The van der Waals surface area contributed by atoms with Gasteiger partial charge in [0.05, 0.1) is 48.7 Å². The molecule has 0 saturated heterocycles. The zero-order valence-electron chi connectivity index (χ0n) is 21.3. The number of hydrogen-bond acceptors (Lipinski definition) is 9. The molecule has 1 aromatic heterocycles. The van der Waals surface area contributed by atoms with Crippen LogP contribution < -0.4 is 24.4 Å². The Morgan fingerprint density at radius 2 is 1.82 bits per heavy atom. The van der Waals surface area contributed by atoms with Crippen molar-refractivity contribution in [3.8, 4) is 11.5 Å². The van der Waals surface area contributed by atoms with E-state index in [0.717, 1.165) is 0 Å². The molecule has 10 heteroatoms. The molecule has 2 aromatic carbocycles. The molecule has 0 fully saturated rings. The minimum Gasteiger partial charge on any atom is -0.497 e. The molecule has 0 saturated carbocycles. The number of nitrogens with zero attached hydrogens (tertiary/aromatic N) is 2. The highest BCUT2D eigenvalue weighted by molar-refractivity contribution is 7.07. The minimum atomic E-state index is -0.824. The maximum atomic E-state index is 13.8. The van der Waals surface area contributed by atoms with Gasteiger partial charge in [-0.05, 0) is 42.8 Å². The van der Waals surface area contributed by atoms with Gasteiger partial charge in [0, 0.05) is 11.6 Å². The van der Waals surface area contributed by atoms with Crippen molar-refractivity contribution in [3.05, 3.63) is 103 Å². The van der Waals surface area contributed by atoms with Gasteiger partial charge in [-0.15, -0.1) is 0 Å². The van der Waals surface area contributed by atoms with Crippen LogP contribution in [-0.2, 0) is 14.3 Å². The Bertz CT molecular complexity index is 1610. The van der Waals surface area contributed by atoms with Crippen LogP contribution in [0.25, 0.3) is 6.08 Å². The number of ether oxygens (including phenoxy) is 4. The summed E-state index contributed by atoms with van der Waals surface area (Å²) in [5.74, 6) is 0.0507. The maximum Gasteiger partial charge on any atom is 0.338 e. The number of hydrogen-bond donors (Lipinski definition) is 0. The van der Waals surface area contributed by atoms with E-state index in [1.807, 2.05) is 0 Å². The summed E-state index contributed by atoms with van der Waals surface area (Å²) in [7, 11) is 4.39. The molecule has 3 aromatic rings. The molecule has 9 nitrogen and oxygen atoms in total. The van der Waals surface area contributed by atoms with Gasteiger partial charge in [0.15, 0.2) is 4.80 Å². The van der Waals surface area contributed by atoms with Gasteiger partial charge in [-0.2, -0.15) is 0 Å². The van der Waals surface area contributed by atoms with Crippen LogP contribution in [0.4, 0.5) is 0 Å². The quantitative estimate of drug-likeness (QED) is 0.323. The van der Waals surface area contributed by atoms with Gasteiger partial charge in [0.2, 0.25) is 0 Å². The van der Waals surface area contributed by atoms with Gasteiger partial charge >= 0.3 is 11.9 Å². The van der Waals surface area contributed by atoms with Crippen LogP contribution in [0.1, 0.15) is 34.5 Å². The number of benzene rings is 2. The number of thiazole rings is 1. The molecule has 2 heterocycles. The van der Waals surface area contributed by atoms with Gasteiger partial charge < -0.3 is 18.9 Å². The highest BCUT2D eigenvalue weighted by Gasteiger charge is 2.33. The minimum absolute atomic E-state index is 0.00525. The zero-order valence-corrected chi connectivity index (χ0v) is 22.2. The van der Waals surface area contributed by atoms with E-state index in [-0.39, 0.29) is 17.7 Å². The Kier molecular flexibility index (Phi) is 7.92. The molecule has 1 aliphatic heterocycles. The SMILES string of the molecule is C=CCOC(=O)C1=C(C)N=c2sc(=Cc3ccc(OC)cc3OC)c(=O)n2C1c1ccc(C(=O)OC)cc1. The summed E-state index contributed by atoms with van der Waals surface area (Å²) in [6.07, 6.45) is 3.18. The number of aromatic nitrogens is 1. The second-order valence-corrected chi connectivity index (χ2v) is 9.20. The third kappa shape index (κ3) is 5.03. The molecule has 0 amide bonds. The highest BCUT2D eigenvalue weighted by Crippen LogP contribution is 2.31. The fourth-order valence-electron chi connectivity index (χ4n) is 4.11. The molecule has 1 unspecified atom stereocenters. The fourth-order valence-corrected chi connectivity index (χ4v) is 5.15. The van der Waals surface area contributed by atoms with E-state index in [4.69, 9.17) is 18.9 Å². The lowest BCUT2D eigenvalue weighted by Gasteiger charge is -2.24. The predicted octanol–water partition coefficient (Wildman–Crippen LogP) is 2.77. The van der Waals surface area contributed by atoms with Crippen LogP contribution >= 0.6 is 11.3 Å². The van der Waals surface area contributed by atoms with Crippen LogP contribution in [0, 0.1) is 0 Å². The Hall–Kier alpha value is -4.44. The monoisotopic (exact) mass is 534 g/mol. The van der Waals surface area contributed by atoms with Crippen LogP contribution in [0.2, 0.25) is 0 Å². The first-order chi connectivity index (χ1) is 18.3. The zero-order chi connectivity index (χ0) is 27.4. The van der Waals surface area contributed by atoms with Crippen molar-refractivity contribution in [2.45, 2.75) is 13.0 Å².